The molecule has 5 aromatic carbocycles. The number of rotatable bonds is 7. The molecule has 0 unspecified atom stereocenters. The maximum Gasteiger partial charge on any atom is 0.140 e. The second-order valence-corrected chi connectivity index (χ2v) is 10.9. The fourth-order valence-corrected chi connectivity index (χ4v) is 5.49. The third-order valence-electron chi connectivity index (χ3n) is 7.12. The molecule has 0 bridgehead atoms. The van der Waals surface area contributed by atoms with E-state index in [0.29, 0.717) is 0 Å². The van der Waals surface area contributed by atoms with Crippen LogP contribution in [0.4, 0.5) is 0 Å². The maximum atomic E-state index is 6.04. The van der Waals surface area contributed by atoms with Crippen molar-refractivity contribution in [3.8, 4) is 56.9 Å². The van der Waals surface area contributed by atoms with Crippen LogP contribution in [0.2, 0.25) is 0 Å². The summed E-state index contributed by atoms with van der Waals surface area (Å²) < 4.78 is 13.1. The smallest absolute Gasteiger partial charge is 0.140 e. The van der Waals surface area contributed by atoms with Crippen LogP contribution in [0.3, 0.4) is 0 Å². The van der Waals surface area contributed by atoms with Gasteiger partial charge in [-0.05, 0) is 97.9 Å². The van der Waals surface area contributed by atoms with Crippen LogP contribution in [0.15, 0.2) is 132 Å². The summed E-state index contributed by atoms with van der Waals surface area (Å²) in [7, 11) is 0. The van der Waals surface area contributed by atoms with Gasteiger partial charge in [0.05, 0.1) is 11.4 Å². The first-order valence-corrected chi connectivity index (χ1v) is 14.4. The third-order valence-corrected chi connectivity index (χ3v) is 7.61. The number of benzene rings is 5. The number of halogens is 1. The number of para-hydroxylation sites is 2. The predicted octanol–water partition coefficient (Wildman–Crippen LogP) is 10.5. The molecule has 2 heterocycles. The number of nitrogens with zero attached hydrogens (tertiary/aromatic N) is 1. The number of H-pyrrole nitrogens is 2. The predicted molar refractivity (Wildman–Crippen MR) is 172 cm³/mol. The van der Waals surface area contributed by atoms with Gasteiger partial charge in [-0.25, -0.2) is 4.98 Å². The van der Waals surface area contributed by atoms with E-state index < -0.39 is 0 Å². The Bertz CT molecular complexity index is 1880. The van der Waals surface area contributed by atoms with E-state index in [9.17, 15) is 0 Å². The number of aromatic nitrogens is 3. The van der Waals surface area contributed by atoms with Crippen LogP contribution in [-0.4, -0.2) is 15.0 Å². The average Bonchev–Trinajstić information content (AvgIpc) is 3.59. The second-order valence-electron chi connectivity index (χ2n) is 10.0. The van der Waals surface area contributed by atoms with Gasteiger partial charge in [0.25, 0.3) is 0 Å². The van der Waals surface area contributed by atoms with Gasteiger partial charge in [0, 0.05) is 37.8 Å². The van der Waals surface area contributed by atoms with Crippen molar-refractivity contribution in [1.82, 2.24) is 15.0 Å². The van der Waals surface area contributed by atoms with E-state index >= 15 is 0 Å². The number of ether oxygens (including phenoxy) is 2. The Morgan fingerprint density at radius 3 is 1.74 bits per heavy atom. The highest BCUT2D eigenvalue weighted by atomic mass is 79.9. The van der Waals surface area contributed by atoms with E-state index in [1.54, 1.807) is 0 Å². The molecule has 0 radical (unpaired) electrons. The monoisotopic (exact) mass is 611 g/mol. The molecular formula is C36H26BrN3O2. The minimum absolute atomic E-state index is 0.766. The van der Waals surface area contributed by atoms with E-state index in [1.807, 2.05) is 103 Å². The molecule has 0 aliphatic carbocycles. The molecule has 0 aliphatic heterocycles. The van der Waals surface area contributed by atoms with Crippen LogP contribution in [-0.2, 0) is 0 Å². The molecule has 2 aromatic heterocycles. The Morgan fingerprint density at radius 2 is 1.14 bits per heavy atom. The topological polar surface area (TPSA) is 62.9 Å². The summed E-state index contributed by atoms with van der Waals surface area (Å²) in [5.41, 5.74) is 6.94. The largest absolute Gasteiger partial charge is 0.457 e. The zero-order chi connectivity index (χ0) is 28.5. The molecule has 7 rings (SSSR count). The fraction of sp³-hybridized carbons (Fsp3) is 0.0278. The highest BCUT2D eigenvalue weighted by molar-refractivity contribution is 9.10. The summed E-state index contributed by atoms with van der Waals surface area (Å²) in [6.07, 6.45) is 0. The number of fused-ring (bicyclic) bond motifs is 1. The van der Waals surface area contributed by atoms with Gasteiger partial charge in [0.2, 0.25) is 0 Å². The van der Waals surface area contributed by atoms with E-state index in [0.717, 1.165) is 78.0 Å². The van der Waals surface area contributed by atoms with Gasteiger partial charge < -0.3 is 19.4 Å². The summed E-state index contributed by atoms with van der Waals surface area (Å²) >= 11 is 3.63. The summed E-state index contributed by atoms with van der Waals surface area (Å²) in [6.45, 7) is 2.08. The first-order valence-electron chi connectivity index (χ1n) is 13.7. The van der Waals surface area contributed by atoms with Crippen molar-refractivity contribution in [1.29, 1.82) is 0 Å². The van der Waals surface area contributed by atoms with Crippen molar-refractivity contribution in [3.63, 3.8) is 0 Å². The van der Waals surface area contributed by atoms with Gasteiger partial charge in [-0.3, -0.25) is 0 Å². The number of aromatic amines is 2. The highest BCUT2D eigenvalue weighted by Crippen LogP contribution is 2.39. The molecule has 7 aromatic rings. The van der Waals surface area contributed by atoms with Crippen molar-refractivity contribution < 1.29 is 9.47 Å². The van der Waals surface area contributed by atoms with Crippen LogP contribution in [0, 0.1) is 6.92 Å². The molecule has 42 heavy (non-hydrogen) atoms. The zero-order valence-electron chi connectivity index (χ0n) is 22.8. The lowest BCUT2D eigenvalue weighted by Gasteiger charge is -2.08. The minimum Gasteiger partial charge on any atom is -0.457 e. The van der Waals surface area contributed by atoms with Crippen LogP contribution >= 0.6 is 15.9 Å². The van der Waals surface area contributed by atoms with E-state index in [4.69, 9.17) is 14.5 Å². The molecule has 0 aliphatic rings. The normalized spacial score (nSPS) is 11.1. The van der Waals surface area contributed by atoms with Crippen LogP contribution < -0.4 is 9.47 Å². The number of hydrogen-bond donors (Lipinski definition) is 2. The molecule has 5 nitrogen and oxygen atoms in total. The maximum absolute atomic E-state index is 6.04. The second kappa shape index (κ2) is 11.1. The standard InChI is InChI=1S/C36H26BrN3O2/c1-23-33(31-22-26(37)16-21-32(31)38-23)36-39-34(24-12-17-29(18-13-24)41-27-8-4-2-5-9-27)35(40-36)25-14-19-30(20-15-25)42-28-10-6-3-7-11-28/h2-22,38H,1H3,(H,39,40). The molecule has 0 spiro atoms. The summed E-state index contributed by atoms with van der Waals surface area (Å²) in [5.74, 6) is 3.93. The lowest BCUT2D eigenvalue weighted by atomic mass is 10.0. The Kier molecular flexibility index (Phi) is 6.82. The first-order chi connectivity index (χ1) is 20.6. The van der Waals surface area contributed by atoms with E-state index in [1.165, 1.54) is 0 Å². The number of nitrogens with one attached hydrogen (secondary N) is 2. The molecule has 0 saturated heterocycles. The molecule has 204 valence electrons. The minimum atomic E-state index is 0.766. The first kappa shape index (κ1) is 25.9. The van der Waals surface area contributed by atoms with E-state index in [2.05, 4.69) is 57.1 Å². The fourth-order valence-electron chi connectivity index (χ4n) is 5.13. The van der Waals surface area contributed by atoms with Crippen molar-refractivity contribution in [3.05, 3.63) is 138 Å². The van der Waals surface area contributed by atoms with E-state index in [-0.39, 0.29) is 0 Å². The summed E-state index contributed by atoms with van der Waals surface area (Å²) in [4.78, 5) is 12.3. The highest BCUT2D eigenvalue weighted by Gasteiger charge is 2.20. The lowest BCUT2D eigenvalue weighted by molar-refractivity contribution is 0.482. The van der Waals surface area contributed by atoms with Crippen molar-refractivity contribution >= 4 is 26.8 Å². The zero-order valence-corrected chi connectivity index (χ0v) is 24.4. The van der Waals surface area contributed by atoms with Crippen LogP contribution in [0.25, 0.3) is 44.8 Å². The molecule has 6 heteroatoms. The average molecular weight is 613 g/mol. The third kappa shape index (κ3) is 5.20. The Morgan fingerprint density at radius 1 is 0.595 bits per heavy atom. The van der Waals surface area contributed by atoms with Gasteiger partial charge in [0.15, 0.2) is 0 Å². The Hall–Kier alpha value is -5.07. The lowest BCUT2D eigenvalue weighted by Crippen LogP contribution is -1.87. The molecule has 0 fully saturated rings. The summed E-state index contributed by atoms with van der Waals surface area (Å²) in [5, 5.41) is 1.10. The van der Waals surface area contributed by atoms with Crippen molar-refractivity contribution in [2.75, 3.05) is 0 Å². The molecule has 2 N–H and O–H groups in total. The Labute approximate surface area is 251 Å². The molecule has 0 saturated carbocycles. The summed E-state index contributed by atoms with van der Waals surface area (Å²) in [6, 6.07) is 42.0. The van der Waals surface area contributed by atoms with Gasteiger partial charge in [0.1, 0.15) is 28.8 Å². The van der Waals surface area contributed by atoms with Gasteiger partial charge in [-0.15, -0.1) is 0 Å². The number of hydrogen-bond acceptors (Lipinski definition) is 3. The van der Waals surface area contributed by atoms with Crippen LogP contribution in [0.5, 0.6) is 23.0 Å². The molecule has 0 atom stereocenters. The quantitative estimate of drug-likeness (QED) is 0.188. The Balaban J connectivity index is 1.29. The SMILES string of the molecule is Cc1[nH]c2ccc(Br)cc2c1-c1nc(-c2ccc(Oc3ccccc3)cc2)c(-c2ccc(Oc3ccccc3)cc2)[nH]1. The number of aryl methyl sites for hydroxylation is 1. The number of imidazole rings is 1. The van der Waals surface area contributed by atoms with Crippen molar-refractivity contribution in [2.45, 2.75) is 6.92 Å². The molecule has 0 amide bonds. The van der Waals surface area contributed by atoms with Gasteiger partial charge in [-0.1, -0.05) is 52.3 Å². The van der Waals surface area contributed by atoms with Gasteiger partial charge >= 0.3 is 0 Å². The van der Waals surface area contributed by atoms with Crippen molar-refractivity contribution in [2.24, 2.45) is 0 Å². The van der Waals surface area contributed by atoms with Gasteiger partial charge in [-0.2, -0.15) is 0 Å². The molecular weight excluding hydrogens is 586 g/mol. The van der Waals surface area contributed by atoms with Crippen LogP contribution in [0.1, 0.15) is 5.69 Å².